The maximum Gasteiger partial charge on any atom is 0.244 e. The van der Waals surface area contributed by atoms with Crippen LogP contribution in [0.4, 0.5) is 0 Å². The Morgan fingerprint density at radius 3 is 2.82 bits per heavy atom. The number of likely N-dealkylation sites (N-methyl/N-ethyl adjacent to an activating group) is 1. The average molecular weight is 260 g/mol. The number of methoxy groups -OCH3 is 1. The molecule has 6 nitrogen and oxygen atoms in total. The van der Waals surface area contributed by atoms with Gasteiger partial charge in [-0.3, -0.25) is 4.98 Å². The third-order valence-corrected chi connectivity index (χ3v) is 3.98. The van der Waals surface area contributed by atoms with Crippen LogP contribution in [0.2, 0.25) is 0 Å². The van der Waals surface area contributed by atoms with E-state index in [0.717, 1.165) is 4.31 Å². The molecule has 0 amide bonds. The van der Waals surface area contributed by atoms with Crippen LogP contribution in [0.15, 0.2) is 29.4 Å². The van der Waals surface area contributed by atoms with Crippen LogP contribution in [-0.2, 0) is 14.8 Å². The molecule has 0 saturated carbocycles. The first-order chi connectivity index (χ1) is 7.98. The number of rotatable bonds is 6. The Bertz CT molecular complexity index is 435. The summed E-state index contributed by atoms with van der Waals surface area (Å²) in [4.78, 5) is 3.86. The summed E-state index contributed by atoms with van der Waals surface area (Å²) >= 11 is 0. The molecule has 1 unspecified atom stereocenters. The van der Waals surface area contributed by atoms with Gasteiger partial charge in [0, 0.05) is 33.1 Å². The lowest BCUT2D eigenvalue weighted by molar-refractivity contribution is 0.0554. The van der Waals surface area contributed by atoms with E-state index in [-0.39, 0.29) is 18.0 Å². The van der Waals surface area contributed by atoms with Crippen molar-refractivity contribution in [1.29, 1.82) is 0 Å². The summed E-state index contributed by atoms with van der Waals surface area (Å²) in [5.74, 6) is 0. The van der Waals surface area contributed by atoms with E-state index in [4.69, 9.17) is 4.74 Å². The highest BCUT2D eigenvalue weighted by Crippen LogP contribution is 2.12. The molecule has 17 heavy (non-hydrogen) atoms. The highest BCUT2D eigenvalue weighted by molar-refractivity contribution is 7.89. The zero-order valence-corrected chi connectivity index (χ0v) is 10.6. The Kier molecular flexibility index (Phi) is 5.01. The van der Waals surface area contributed by atoms with Gasteiger partial charge in [-0.05, 0) is 12.1 Å². The molecule has 96 valence electrons. The normalized spacial score (nSPS) is 13.9. The van der Waals surface area contributed by atoms with Crippen LogP contribution in [0, 0.1) is 0 Å². The third-order valence-electron chi connectivity index (χ3n) is 2.17. The van der Waals surface area contributed by atoms with E-state index in [2.05, 4.69) is 4.98 Å². The minimum absolute atomic E-state index is 0.0228. The molecule has 1 rings (SSSR count). The van der Waals surface area contributed by atoms with E-state index in [0.29, 0.717) is 0 Å². The molecule has 0 aromatic carbocycles. The number of pyridine rings is 1. The van der Waals surface area contributed by atoms with Crippen molar-refractivity contribution in [3.8, 4) is 0 Å². The van der Waals surface area contributed by atoms with E-state index in [1.807, 2.05) is 0 Å². The molecule has 1 heterocycles. The highest BCUT2D eigenvalue weighted by Gasteiger charge is 2.22. The Morgan fingerprint density at radius 1 is 1.59 bits per heavy atom. The van der Waals surface area contributed by atoms with Crippen molar-refractivity contribution in [2.75, 3.05) is 27.3 Å². The van der Waals surface area contributed by atoms with Gasteiger partial charge >= 0.3 is 0 Å². The topological polar surface area (TPSA) is 79.7 Å². The van der Waals surface area contributed by atoms with Gasteiger partial charge in [-0.25, -0.2) is 8.42 Å². The van der Waals surface area contributed by atoms with Gasteiger partial charge in [0.2, 0.25) is 10.0 Å². The van der Waals surface area contributed by atoms with E-state index in [9.17, 15) is 13.5 Å². The number of aromatic nitrogens is 1. The van der Waals surface area contributed by atoms with E-state index in [1.165, 1.54) is 32.6 Å². The zero-order chi connectivity index (χ0) is 12.9. The number of ether oxygens (including phenoxy) is 1. The van der Waals surface area contributed by atoms with Crippen molar-refractivity contribution in [2.45, 2.75) is 11.0 Å². The van der Waals surface area contributed by atoms with Gasteiger partial charge in [0.25, 0.3) is 0 Å². The number of nitrogens with zero attached hydrogens (tertiary/aromatic N) is 2. The summed E-state index contributed by atoms with van der Waals surface area (Å²) in [6.07, 6.45) is 1.92. The fraction of sp³-hybridized carbons (Fsp3) is 0.500. The number of sulfonamides is 1. The quantitative estimate of drug-likeness (QED) is 0.760. The molecule has 0 fully saturated rings. The average Bonchev–Trinajstić information content (AvgIpc) is 2.30. The molecular weight excluding hydrogens is 244 g/mol. The van der Waals surface area contributed by atoms with Crippen molar-refractivity contribution in [3.63, 3.8) is 0 Å². The molecule has 1 N–H and O–H groups in total. The number of hydrogen-bond acceptors (Lipinski definition) is 5. The first-order valence-electron chi connectivity index (χ1n) is 5.02. The standard InChI is InChI=1S/C10H16N2O4S/c1-12(7-9(13)8-16-2)17(14,15)10-4-3-5-11-6-10/h3-6,9,13H,7-8H2,1-2H3. The summed E-state index contributed by atoms with van der Waals surface area (Å²) in [6, 6.07) is 3.01. The molecule has 0 saturated heterocycles. The molecule has 0 aliphatic carbocycles. The van der Waals surface area contributed by atoms with Gasteiger partial charge in [-0.15, -0.1) is 0 Å². The molecular formula is C10H16N2O4S. The summed E-state index contributed by atoms with van der Waals surface area (Å²) in [6.45, 7) is 0.0674. The van der Waals surface area contributed by atoms with Gasteiger partial charge in [0.1, 0.15) is 4.90 Å². The van der Waals surface area contributed by atoms with E-state index < -0.39 is 16.1 Å². The zero-order valence-electron chi connectivity index (χ0n) is 9.78. The summed E-state index contributed by atoms with van der Waals surface area (Å²) < 4.78 is 29.8. The van der Waals surface area contributed by atoms with Crippen LogP contribution < -0.4 is 0 Å². The van der Waals surface area contributed by atoms with Crippen LogP contribution in [0.1, 0.15) is 0 Å². The lowest BCUT2D eigenvalue weighted by Gasteiger charge is -2.19. The second-order valence-electron chi connectivity index (χ2n) is 3.58. The second kappa shape index (κ2) is 6.06. The lowest BCUT2D eigenvalue weighted by Crippen LogP contribution is -2.36. The number of aliphatic hydroxyl groups is 1. The van der Waals surface area contributed by atoms with Crippen molar-refractivity contribution in [1.82, 2.24) is 9.29 Å². The second-order valence-corrected chi connectivity index (χ2v) is 5.63. The van der Waals surface area contributed by atoms with Crippen molar-refractivity contribution < 1.29 is 18.3 Å². The number of aliphatic hydroxyl groups excluding tert-OH is 1. The molecule has 7 heteroatoms. The molecule has 0 aliphatic heterocycles. The Balaban J connectivity index is 2.78. The molecule has 0 radical (unpaired) electrons. The predicted octanol–water partition coefficient (Wildman–Crippen LogP) is -0.291. The smallest absolute Gasteiger partial charge is 0.244 e. The fourth-order valence-electron chi connectivity index (χ4n) is 1.32. The number of hydrogen-bond donors (Lipinski definition) is 1. The van der Waals surface area contributed by atoms with Crippen LogP contribution >= 0.6 is 0 Å². The van der Waals surface area contributed by atoms with E-state index in [1.54, 1.807) is 6.07 Å². The molecule has 1 atom stereocenters. The van der Waals surface area contributed by atoms with Gasteiger partial charge in [0.05, 0.1) is 12.7 Å². The SMILES string of the molecule is COCC(O)CN(C)S(=O)(=O)c1cccnc1. The van der Waals surface area contributed by atoms with Crippen molar-refractivity contribution in [2.24, 2.45) is 0 Å². The fourth-order valence-corrected chi connectivity index (χ4v) is 2.49. The maximum absolute atomic E-state index is 12.0. The lowest BCUT2D eigenvalue weighted by atomic mass is 10.4. The van der Waals surface area contributed by atoms with Gasteiger partial charge in [-0.2, -0.15) is 4.31 Å². The molecule has 0 spiro atoms. The third kappa shape index (κ3) is 3.74. The molecule has 1 aromatic heterocycles. The summed E-state index contributed by atoms with van der Waals surface area (Å²) in [7, 11) is -0.750. The van der Waals surface area contributed by atoms with Gasteiger partial charge in [0.15, 0.2) is 0 Å². The monoisotopic (exact) mass is 260 g/mol. The minimum Gasteiger partial charge on any atom is -0.389 e. The van der Waals surface area contributed by atoms with Crippen molar-refractivity contribution in [3.05, 3.63) is 24.5 Å². The minimum atomic E-state index is -3.60. The Hall–Kier alpha value is -1.02. The molecule has 0 aliphatic rings. The van der Waals surface area contributed by atoms with Crippen LogP contribution in [0.25, 0.3) is 0 Å². The molecule has 0 bridgehead atoms. The van der Waals surface area contributed by atoms with Crippen LogP contribution in [0.3, 0.4) is 0 Å². The Labute approximate surface area is 101 Å². The summed E-state index contributed by atoms with van der Waals surface area (Å²) in [5.41, 5.74) is 0. The van der Waals surface area contributed by atoms with Gasteiger partial charge in [-0.1, -0.05) is 0 Å². The molecule has 1 aromatic rings. The first-order valence-corrected chi connectivity index (χ1v) is 6.46. The Morgan fingerprint density at radius 2 is 2.29 bits per heavy atom. The summed E-state index contributed by atoms with van der Waals surface area (Å²) in [5, 5.41) is 9.48. The van der Waals surface area contributed by atoms with Crippen molar-refractivity contribution >= 4 is 10.0 Å². The van der Waals surface area contributed by atoms with Crippen LogP contribution in [0.5, 0.6) is 0 Å². The van der Waals surface area contributed by atoms with Gasteiger partial charge < -0.3 is 9.84 Å². The maximum atomic E-state index is 12.0. The van der Waals surface area contributed by atoms with Crippen LogP contribution in [-0.4, -0.2) is 56.2 Å². The first kappa shape index (κ1) is 14.0. The predicted molar refractivity (Wildman–Crippen MR) is 61.9 cm³/mol. The highest BCUT2D eigenvalue weighted by atomic mass is 32.2. The largest absolute Gasteiger partial charge is 0.389 e. The van der Waals surface area contributed by atoms with E-state index >= 15 is 0 Å².